The lowest BCUT2D eigenvalue weighted by Crippen LogP contribution is -2.28. The molecule has 0 aromatic heterocycles. The van der Waals surface area contributed by atoms with Gasteiger partial charge in [0.05, 0.1) is 6.61 Å². The van der Waals surface area contributed by atoms with Crippen LogP contribution in [-0.4, -0.2) is 36.4 Å². The van der Waals surface area contributed by atoms with E-state index in [9.17, 15) is 14.7 Å². The smallest absolute Gasteiger partial charge is 0.306 e. The van der Waals surface area contributed by atoms with Gasteiger partial charge in [-0.1, -0.05) is 347 Å². The number of carbonyl (C=O) groups excluding carboxylic acids is 2. The number of hydrogen-bond acceptors (Lipinski definition) is 5. The lowest BCUT2D eigenvalue weighted by molar-refractivity contribution is -0.161. The van der Waals surface area contributed by atoms with Gasteiger partial charge < -0.3 is 14.6 Å². The first-order valence-electron chi connectivity index (χ1n) is 36.1. The van der Waals surface area contributed by atoms with Crippen LogP contribution in [0.2, 0.25) is 0 Å². The Hall–Kier alpha value is -3.70. The molecule has 0 aliphatic rings. The lowest BCUT2D eigenvalue weighted by atomic mass is 10.0. The van der Waals surface area contributed by atoms with Crippen LogP contribution in [0.1, 0.15) is 348 Å². The van der Waals surface area contributed by atoms with E-state index in [0.29, 0.717) is 12.8 Å². The second kappa shape index (κ2) is 73.6. The molecule has 0 amide bonds. The lowest BCUT2D eigenvalue weighted by Gasteiger charge is -2.15. The molecule has 0 aliphatic heterocycles. The summed E-state index contributed by atoms with van der Waals surface area (Å²) in [5, 5.41) is 9.71. The topological polar surface area (TPSA) is 72.8 Å². The number of ether oxygens (including phenoxy) is 2. The van der Waals surface area contributed by atoms with E-state index in [0.717, 1.165) is 96.3 Å². The van der Waals surface area contributed by atoms with Crippen molar-refractivity contribution in [1.82, 2.24) is 0 Å². The van der Waals surface area contributed by atoms with Crippen LogP contribution in [0.25, 0.3) is 0 Å². The average Bonchev–Trinajstić information content (AvgIpc) is 3.51. The molecule has 1 atom stereocenters. The Morgan fingerprint density at radius 3 is 0.774 bits per heavy atom. The molecular weight excluding hydrogens is 1030 g/mol. The molecule has 0 saturated carbocycles. The predicted octanol–water partition coefficient (Wildman–Crippen LogP) is 25.3. The summed E-state index contributed by atoms with van der Waals surface area (Å²) in [4.78, 5) is 24.7. The molecule has 5 heteroatoms. The van der Waals surface area contributed by atoms with E-state index >= 15 is 0 Å². The maximum absolute atomic E-state index is 12.4. The van der Waals surface area contributed by atoms with Crippen LogP contribution in [-0.2, 0) is 19.1 Å². The van der Waals surface area contributed by atoms with Gasteiger partial charge >= 0.3 is 11.9 Å². The molecule has 0 saturated heterocycles. The quantitative estimate of drug-likeness (QED) is 0.0373. The third kappa shape index (κ3) is 70.8. The van der Waals surface area contributed by atoms with Crippen molar-refractivity contribution in [2.24, 2.45) is 0 Å². The van der Waals surface area contributed by atoms with Gasteiger partial charge in [-0.3, -0.25) is 9.59 Å². The molecule has 0 heterocycles. The molecule has 0 radical (unpaired) electrons. The van der Waals surface area contributed by atoms with Gasteiger partial charge in [-0.25, -0.2) is 0 Å². The van der Waals surface area contributed by atoms with Crippen molar-refractivity contribution in [3.8, 4) is 0 Å². The molecular formula is C79H136O5. The molecule has 0 aromatic rings. The highest BCUT2D eigenvalue weighted by molar-refractivity contribution is 5.70. The number of carbonyl (C=O) groups is 2. The molecule has 0 bridgehead atoms. The molecule has 0 spiro atoms. The highest BCUT2D eigenvalue weighted by Crippen LogP contribution is 2.18. The number of allylic oxidation sites excluding steroid dienone is 20. The number of esters is 2. The summed E-state index contributed by atoms with van der Waals surface area (Å²) in [5.74, 6) is -0.585. The number of rotatable bonds is 66. The van der Waals surface area contributed by atoms with Crippen molar-refractivity contribution in [3.63, 3.8) is 0 Å². The maximum Gasteiger partial charge on any atom is 0.306 e. The van der Waals surface area contributed by atoms with E-state index in [2.05, 4.69) is 135 Å². The van der Waals surface area contributed by atoms with Crippen LogP contribution in [0.5, 0.6) is 0 Å². The maximum atomic E-state index is 12.4. The normalized spacial score (nSPS) is 12.9. The minimum Gasteiger partial charge on any atom is -0.462 e. The minimum atomic E-state index is -0.781. The van der Waals surface area contributed by atoms with E-state index in [1.54, 1.807) is 0 Å². The summed E-state index contributed by atoms with van der Waals surface area (Å²) in [7, 11) is 0. The van der Waals surface area contributed by atoms with Crippen molar-refractivity contribution < 1.29 is 24.2 Å². The fourth-order valence-electron chi connectivity index (χ4n) is 10.4. The van der Waals surface area contributed by atoms with Crippen molar-refractivity contribution in [1.29, 1.82) is 0 Å². The van der Waals surface area contributed by atoms with E-state index in [4.69, 9.17) is 9.47 Å². The Labute approximate surface area is 522 Å². The molecule has 0 aliphatic carbocycles. The van der Waals surface area contributed by atoms with Crippen molar-refractivity contribution in [3.05, 3.63) is 122 Å². The zero-order valence-corrected chi connectivity index (χ0v) is 55.4. The first-order valence-corrected chi connectivity index (χ1v) is 36.1. The van der Waals surface area contributed by atoms with Crippen LogP contribution >= 0.6 is 0 Å². The summed E-state index contributed by atoms with van der Waals surface area (Å²) < 4.78 is 10.8. The Kier molecular flexibility index (Phi) is 70.3. The van der Waals surface area contributed by atoms with Gasteiger partial charge in [-0.2, -0.15) is 0 Å². The zero-order valence-electron chi connectivity index (χ0n) is 55.4. The van der Waals surface area contributed by atoms with Gasteiger partial charge in [0.2, 0.25) is 0 Å². The van der Waals surface area contributed by atoms with E-state index < -0.39 is 6.10 Å². The largest absolute Gasteiger partial charge is 0.462 e. The van der Waals surface area contributed by atoms with Crippen LogP contribution in [0, 0.1) is 0 Å². The Bertz CT molecular complexity index is 1650. The first-order chi connectivity index (χ1) is 41.6. The van der Waals surface area contributed by atoms with Crippen LogP contribution in [0.4, 0.5) is 0 Å². The van der Waals surface area contributed by atoms with Crippen molar-refractivity contribution in [2.45, 2.75) is 354 Å². The first kappa shape index (κ1) is 80.3. The van der Waals surface area contributed by atoms with E-state index in [1.807, 2.05) is 0 Å². The summed E-state index contributed by atoms with van der Waals surface area (Å²) in [6, 6.07) is 0. The molecule has 5 nitrogen and oxygen atoms in total. The van der Waals surface area contributed by atoms with Crippen LogP contribution in [0.15, 0.2) is 122 Å². The van der Waals surface area contributed by atoms with Gasteiger partial charge in [0.25, 0.3) is 0 Å². The summed E-state index contributed by atoms with van der Waals surface area (Å²) in [5.41, 5.74) is 0. The summed E-state index contributed by atoms with van der Waals surface area (Å²) in [6.45, 7) is 4.04. The Balaban J connectivity index is 3.46. The Morgan fingerprint density at radius 2 is 0.512 bits per heavy atom. The van der Waals surface area contributed by atoms with Gasteiger partial charge in [0.1, 0.15) is 6.61 Å². The monoisotopic (exact) mass is 1170 g/mol. The number of hydrogen-bond donors (Lipinski definition) is 1. The van der Waals surface area contributed by atoms with Crippen LogP contribution < -0.4 is 0 Å². The van der Waals surface area contributed by atoms with E-state index in [-0.39, 0.29) is 25.2 Å². The highest BCUT2D eigenvalue weighted by atomic mass is 16.6. The SMILES string of the molecule is CC/C=C\C/C=C\C/C=C\C/C=C\C/C=C\C/C=C\C/C=C\CCCCCCCCCCCCCC(=O)OC(CO)COC(=O)CCCCCCCCCCCCCCCCCCCCCCCC/C=C\C/C=C\C/C=C\CCCCCCC. The molecule has 0 aromatic carbocycles. The Morgan fingerprint density at radius 1 is 0.286 bits per heavy atom. The van der Waals surface area contributed by atoms with E-state index in [1.165, 1.54) is 225 Å². The van der Waals surface area contributed by atoms with Gasteiger partial charge in [0.15, 0.2) is 6.10 Å². The molecule has 0 rings (SSSR count). The second-order valence-corrected chi connectivity index (χ2v) is 23.9. The van der Waals surface area contributed by atoms with Crippen molar-refractivity contribution in [2.75, 3.05) is 13.2 Å². The van der Waals surface area contributed by atoms with Gasteiger partial charge in [0, 0.05) is 12.8 Å². The van der Waals surface area contributed by atoms with Gasteiger partial charge in [-0.15, -0.1) is 0 Å². The molecule has 1 N–H and O–H groups in total. The highest BCUT2D eigenvalue weighted by Gasteiger charge is 2.16. The minimum absolute atomic E-state index is 0.0690. The molecule has 482 valence electrons. The third-order valence-electron chi connectivity index (χ3n) is 15.7. The number of unbranched alkanes of at least 4 members (excludes halogenated alkanes) is 38. The molecule has 0 fully saturated rings. The third-order valence-corrected chi connectivity index (χ3v) is 15.7. The van der Waals surface area contributed by atoms with Crippen molar-refractivity contribution >= 4 is 11.9 Å². The fourth-order valence-corrected chi connectivity index (χ4v) is 10.4. The van der Waals surface area contributed by atoms with Crippen LogP contribution in [0.3, 0.4) is 0 Å². The zero-order chi connectivity index (χ0) is 60.5. The predicted molar refractivity (Wildman–Crippen MR) is 371 cm³/mol. The average molecular weight is 1170 g/mol. The fraction of sp³-hybridized carbons (Fsp3) is 0.722. The second-order valence-electron chi connectivity index (χ2n) is 23.9. The number of aliphatic hydroxyl groups excluding tert-OH is 1. The molecule has 1 unspecified atom stereocenters. The summed E-state index contributed by atoms with van der Waals surface area (Å²) in [6.07, 6.45) is 108. The standard InChI is InChI=1S/C79H136O5/c1-3-5-7-9-11-13-15-17-19-21-23-25-27-29-31-33-35-37-38-39-40-42-43-45-47-49-51-53-55-57-59-61-63-65-67-69-71-73-78(81)83-76-77(75-80)84-79(82)74-72-70-68-66-64-62-60-58-56-54-52-50-48-46-44-41-36-34-32-30-28-26-24-22-20-18-16-14-12-10-8-6-4-2/h6,8,12,14-15,17-18,20-21,23-24,26-27,29-30,32,36,41,46,48,77,80H,3-5,7,9-11,13,16,19,22,25,28,31,33-35,37-40,42-45,47,49-76H2,1-2H3/b8-6-,14-12-,17-15-,20-18-,23-21-,26-24-,29-27-,32-30-,41-36-,48-46-. The number of aliphatic hydroxyl groups is 1. The molecule has 84 heavy (non-hydrogen) atoms. The summed E-state index contributed by atoms with van der Waals surface area (Å²) >= 11 is 0. The van der Waals surface area contributed by atoms with Gasteiger partial charge in [-0.05, 0) is 109 Å².